The first kappa shape index (κ1) is 17.3. The maximum atomic E-state index is 12.5. The van der Waals surface area contributed by atoms with Gasteiger partial charge in [0.15, 0.2) is 0 Å². The highest BCUT2D eigenvalue weighted by molar-refractivity contribution is 8.00. The van der Waals surface area contributed by atoms with E-state index in [-0.39, 0.29) is 11.8 Å². The number of aryl methyl sites for hydroxylation is 1. The number of hydrogen-bond acceptors (Lipinski definition) is 4. The third kappa shape index (κ3) is 4.30. The molecule has 2 aliphatic rings. The van der Waals surface area contributed by atoms with Crippen LogP contribution >= 0.6 is 11.8 Å². The largest absolute Gasteiger partial charge is 0.335 e. The summed E-state index contributed by atoms with van der Waals surface area (Å²) < 4.78 is 0. The van der Waals surface area contributed by atoms with Gasteiger partial charge in [-0.3, -0.25) is 9.59 Å². The molecule has 6 heteroatoms. The van der Waals surface area contributed by atoms with Gasteiger partial charge in [0.1, 0.15) is 0 Å². The van der Waals surface area contributed by atoms with Crippen molar-refractivity contribution >= 4 is 29.3 Å². The molecule has 3 rings (SSSR count). The Morgan fingerprint density at radius 2 is 1.92 bits per heavy atom. The van der Waals surface area contributed by atoms with Crippen molar-refractivity contribution in [3.8, 4) is 0 Å². The Labute approximate surface area is 147 Å². The molecule has 1 aromatic rings. The Morgan fingerprint density at radius 1 is 1.17 bits per heavy atom. The van der Waals surface area contributed by atoms with Gasteiger partial charge in [-0.25, -0.2) is 0 Å². The molecule has 2 saturated heterocycles. The minimum Gasteiger partial charge on any atom is -0.335 e. The average molecular weight is 347 g/mol. The number of anilines is 1. The van der Waals surface area contributed by atoms with Crippen molar-refractivity contribution in [3.05, 3.63) is 29.8 Å². The summed E-state index contributed by atoms with van der Waals surface area (Å²) in [6.07, 6.45) is 3.26. The molecule has 2 fully saturated rings. The van der Waals surface area contributed by atoms with Crippen molar-refractivity contribution in [2.75, 3.05) is 29.9 Å². The maximum Gasteiger partial charge on any atom is 0.234 e. The topological polar surface area (TPSA) is 61.4 Å². The molecule has 2 unspecified atom stereocenters. The molecular formula is C18H25N3O2S. The lowest BCUT2D eigenvalue weighted by Gasteiger charge is -2.27. The number of fused-ring (bicyclic) bond motifs is 2. The molecule has 2 atom stereocenters. The van der Waals surface area contributed by atoms with E-state index in [1.54, 1.807) is 0 Å². The SMILES string of the molecule is Cc1ccc(NC(=O)CSCC(=O)N2C3CCNCC2CC3)cc1. The Kier molecular flexibility index (Phi) is 5.79. The minimum absolute atomic E-state index is 0.0582. The summed E-state index contributed by atoms with van der Waals surface area (Å²) in [5, 5.41) is 6.27. The first-order valence-electron chi connectivity index (χ1n) is 8.59. The summed E-state index contributed by atoms with van der Waals surface area (Å²) in [7, 11) is 0. The summed E-state index contributed by atoms with van der Waals surface area (Å²) in [4.78, 5) is 26.6. The predicted octanol–water partition coefficient (Wildman–Crippen LogP) is 2.02. The number of thioether (sulfide) groups is 1. The molecule has 2 aliphatic heterocycles. The van der Waals surface area contributed by atoms with Crippen molar-refractivity contribution in [1.29, 1.82) is 0 Å². The molecule has 2 bridgehead atoms. The third-order valence-corrected chi connectivity index (χ3v) is 5.65. The molecule has 1 aromatic carbocycles. The van der Waals surface area contributed by atoms with Crippen LogP contribution in [-0.4, -0.2) is 53.4 Å². The highest BCUT2D eigenvalue weighted by atomic mass is 32.2. The van der Waals surface area contributed by atoms with E-state index in [9.17, 15) is 9.59 Å². The number of carbonyl (C=O) groups excluding carboxylic acids is 2. The maximum absolute atomic E-state index is 12.5. The average Bonchev–Trinajstić information content (AvgIpc) is 2.82. The molecule has 0 spiro atoms. The second kappa shape index (κ2) is 8.03. The highest BCUT2D eigenvalue weighted by Crippen LogP contribution is 2.28. The summed E-state index contributed by atoms with van der Waals surface area (Å²) in [6, 6.07) is 8.45. The molecular weight excluding hydrogens is 322 g/mol. The van der Waals surface area contributed by atoms with Crippen LogP contribution in [0.3, 0.4) is 0 Å². The smallest absolute Gasteiger partial charge is 0.234 e. The van der Waals surface area contributed by atoms with Gasteiger partial charge in [0, 0.05) is 24.3 Å². The molecule has 0 aromatic heterocycles. The van der Waals surface area contributed by atoms with Crippen LogP contribution in [0.5, 0.6) is 0 Å². The van der Waals surface area contributed by atoms with E-state index in [2.05, 4.69) is 15.5 Å². The fourth-order valence-electron chi connectivity index (χ4n) is 3.53. The summed E-state index contributed by atoms with van der Waals surface area (Å²) in [5.74, 6) is 0.812. The monoisotopic (exact) mass is 347 g/mol. The van der Waals surface area contributed by atoms with E-state index in [1.165, 1.54) is 11.8 Å². The van der Waals surface area contributed by atoms with E-state index >= 15 is 0 Å². The van der Waals surface area contributed by atoms with Gasteiger partial charge in [0.25, 0.3) is 0 Å². The lowest BCUT2D eigenvalue weighted by atomic mass is 10.1. The first-order chi connectivity index (χ1) is 11.6. The van der Waals surface area contributed by atoms with Gasteiger partial charge in [0.2, 0.25) is 11.8 Å². The van der Waals surface area contributed by atoms with Crippen LogP contribution in [0.15, 0.2) is 24.3 Å². The van der Waals surface area contributed by atoms with E-state index in [0.29, 0.717) is 23.6 Å². The van der Waals surface area contributed by atoms with Crippen LogP contribution in [0.25, 0.3) is 0 Å². The highest BCUT2D eigenvalue weighted by Gasteiger charge is 2.37. The quantitative estimate of drug-likeness (QED) is 0.855. The van der Waals surface area contributed by atoms with Crippen LogP contribution in [0, 0.1) is 6.92 Å². The normalized spacial score (nSPS) is 23.0. The zero-order chi connectivity index (χ0) is 16.9. The van der Waals surface area contributed by atoms with Crippen molar-refractivity contribution in [3.63, 3.8) is 0 Å². The fourth-order valence-corrected chi connectivity index (χ4v) is 4.21. The molecule has 2 heterocycles. The van der Waals surface area contributed by atoms with Gasteiger partial charge >= 0.3 is 0 Å². The Bertz CT molecular complexity index is 576. The molecule has 130 valence electrons. The van der Waals surface area contributed by atoms with Crippen molar-refractivity contribution in [2.45, 2.75) is 38.3 Å². The molecule has 5 nitrogen and oxygen atoms in total. The number of carbonyl (C=O) groups is 2. The predicted molar refractivity (Wildman–Crippen MR) is 98.3 cm³/mol. The van der Waals surface area contributed by atoms with Gasteiger partial charge in [-0.2, -0.15) is 0 Å². The molecule has 2 N–H and O–H groups in total. The van der Waals surface area contributed by atoms with E-state index in [1.807, 2.05) is 31.2 Å². The molecule has 0 saturated carbocycles. The van der Waals surface area contributed by atoms with E-state index < -0.39 is 0 Å². The van der Waals surface area contributed by atoms with Gasteiger partial charge < -0.3 is 15.5 Å². The first-order valence-corrected chi connectivity index (χ1v) is 9.75. The Morgan fingerprint density at radius 3 is 2.71 bits per heavy atom. The van der Waals surface area contributed by atoms with Crippen LogP contribution < -0.4 is 10.6 Å². The molecule has 2 amide bonds. The second-order valence-electron chi connectivity index (χ2n) is 6.59. The van der Waals surface area contributed by atoms with Gasteiger partial charge in [-0.05, 0) is 44.9 Å². The molecule has 24 heavy (non-hydrogen) atoms. The van der Waals surface area contributed by atoms with Crippen LogP contribution in [0.2, 0.25) is 0 Å². The number of amides is 2. The number of hydrogen-bond donors (Lipinski definition) is 2. The number of benzene rings is 1. The summed E-state index contributed by atoms with van der Waals surface area (Å²) in [5.41, 5.74) is 1.96. The van der Waals surface area contributed by atoms with Crippen LogP contribution in [-0.2, 0) is 9.59 Å². The van der Waals surface area contributed by atoms with Crippen molar-refractivity contribution in [2.24, 2.45) is 0 Å². The van der Waals surface area contributed by atoms with Crippen LogP contribution in [0.4, 0.5) is 5.69 Å². The number of rotatable bonds is 5. The summed E-state index contributed by atoms with van der Waals surface area (Å²) in [6.45, 7) is 3.91. The van der Waals surface area contributed by atoms with Crippen molar-refractivity contribution in [1.82, 2.24) is 10.2 Å². The van der Waals surface area contributed by atoms with Crippen molar-refractivity contribution < 1.29 is 9.59 Å². The van der Waals surface area contributed by atoms with Gasteiger partial charge in [-0.15, -0.1) is 11.8 Å². The second-order valence-corrected chi connectivity index (χ2v) is 7.57. The van der Waals surface area contributed by atoms with E-state index in [0.717, 1.165) is 43.6 Å². The third-order valence-electron chi connectivity index (χ3n) is 4.74. The molecule has 0 radical (unpaired) electrons. The van der Waals surface area contributed by atoms with E-state index in [4.69, 9.17) is 0 Å². The number of nitrogens with zero attached hydrogens (tertiary/aromatic N) is 1. The number of nitrogens with one attached hydrogen (secondary N) is 2. The molecule has 0 aliphatic carbocycles. The standard InChI is InChI=1S/C18H25N3O2S/c1-13-2-4-14(5-3-13)20-17(22)11-24-12-18(23)21-15-6-7-16(21)10-19-9-8-15/h2-5,15-16,19H,6-12H2,1H3,(H,20,22). The Balaban J connectivity index is 1.43. The van der Waals surface area contributed by atoms with Crippen LogP contribution in [0.1, 0.15) is 24.8 Å². The lowest BCUT2D eigenvalue weighted by molar-refractivity contribution is -0.130. The minimum atomic E-state index is -0.0582. The lowest BCUT2D eigenvalue weighted by Crippen LogP contribution is -2.43. The zero-order valence-corrected chi connectivity index (χ0v) is 14.9. The Hall–Kier alpha value is -1.53. The van der Waals surface area contributed by atoms with Gasteiger partial charge in [-0.1, -0.05) is 17.7 Å². The summed E-state index contributed by atoms with van der Waals surface area (Å²) >= 11 is 1.40. The zero-order valence-electron chi connectivity index (χ0n) is 14.1. The van der Waals surface area contributed by atoms with Gasteiger partial charge in [0.05, 0.1) is 11.5 Å². The fraction of sp³-hybridized carbons (Fsp3) is 0.556.